The van der Waals surface area contributed by atoms with Crippen molar-refractivity contribution < 1.29 is 9.90 Å². The first-order valence-electron chi connectivity index (χ1n) is 10.6. The molecule has 160 valence electrons. The van der Waals surface area contributed by atoms with Crippen LogP contribution in [0.4, 0.5) is 0 Å². The van der Waals surface area contributed by atoms with Crippen LogP contribution in [0.2, 0.25) is 5.02 Å². The second-order valence-electron chi connectivity index (χ2n) is 8.31. The van der Waals surface area contributed by atoms with Gasteiger partial charge in [0.2, 0.25) is 0 Å². The molecule has 1 aliphatic heterocycles. The highest BCUT2D eigenvalue weighted by Gasteiger charge is 2.25. The maximum absolute atomic E-state index is 12.8. The van der Waals surface area contributed by atoms with Gasteiger partial charge in [0.25, 0.3) is 11.5 Å². The normalized spacial score (nSPS) is 17.2. The highest BCUT2D eigenvalue weighted by atomic mass is 35.5. The Balaban J connectivity index is 1.38. The molecule has 7 heteroatoms. The number of pyridine rings is 1. The molecule has 31 heavy (non-hydrogen) atoms. The fraction of sp³-hybridized carbons (Fsp3) is 0.333. The Morgan fingerprint density at radius 1 is 1.03 bits per heavy atom. The van der Waals surface area contributed by atoms with Crippen molar-refractivity contribution in [3.05, 3.63) is 68.9 Å². The molecule has 1 N–H and O–H groups in total. The van der Waals surface area contributed by atoms with Gasteiger partial charge in [-0.15, -0.1) is 11.3 Å². The van der Waals surface area contributed by atoms with Gasteiger partial charge in [0.1, 0.15) is 0 Å². The van der Waals surface area contributed by atoms with Crippen molar-refractivity contribution in [2.45, 2.75) is 37.8 Å². The summed E-state index contributed by atoms with van der Waals surface area (Å²) in [6.07, 6.45) is 5.00. The van der Waals surface area contributed by atoms with E-state index in [4.69, 9.17) is 11.6 Å². The van der Waals surface area contributed by atoms with Crippen LogP contribution in [-0.4, -0.2) is 39.7 Å². The van der Waals surface area contributed by atoms with Gasteiger partial charge < -0.3 is 14.6 Å². The van der Waals surface area contributed by atoms with Crippen LogP contribution < -0.4 is 5.56 Å². The summed E-state index contributed by atoms with van der Waals surface area (Å²) in [4.78, 5) is 27.6. The predicted molar refractivity (Wildman–Crippen MR) is 124 cm³/mol. The summed E-state index contributed by atoms with van der Waals surface area (Å²) in [7, 11) is 0. The molecule has 2 fully saturated rings. The van der Waals surface area contributed by atoms with Gasteiger partial charge >= 0.3 is 0 Å². The number of hydrogen-bond acceptors (Lipinski definition) is 4. The van der Waals surface area contributed by atoms with E-state index in [1.165, 1.54) is 0 Å². The Morgan fingerprint density at radius 2 is 1.81 bits per heavy atom. The van der Waals surface area contributed by atoms with Gasteiger partial charge in [-0.3, -0.25) is 9.59 Å². The number of hydrogen-bond donors (Lipinski definition) is 1. The zero-order valence-electron chi connectivity index (χ0n) is 17.0. The first-order chi connectivity index (χ1) is 15.0. The average Bonchev–Trinajstić information content (AvgIpc) is 3.50. The number of carbonyl (C=O) groups excluding carboxylic acids is 1. The molecule has 3 heterocycles. The quantitative estimate of drug-likeness (QED) is 0.614. The van der Waals surface area contributed by atoms with E-state index in [1.54, 1.807) is 28.4 Å². The predicted octanol–water partition coefficient (Wildman–Crippen LogP) is 4.83. The number of aliphatic hydroxyl groups excluding tert-OH is 1. The summed E-state index contributed by atoms with van der Waals surface area (Å²) < 4.78 is 1.83. The van der Waals surface area contributed by atoms with Crippen LogP contribution in [0.1, 0.15) is 42.1 Å². The number of amides is 1. The van der Waals surface area contributed by atoms with E-state index in [-0.39, 0.29) is 17.6 Å². The van der Waals surface area contributed by atoms with Crippen molar-refractivity contribution in [3.63, 3.8) is 0 Å². The fourth-order valence-electron chi connectivity index (χ4n) is 4.04. The van der Waals surface area contributed by atoms with Crippen molar-refractivity contribution in [1.82, 2.24) is 9.47 Å². The number of thiophene rings is 1. The summed E-state index contributed by atoms with van der Waals surface area (Å²) in [5.74, 6) is -0.0467. The lowest BCUT2D eigenvalue weighted by molar-refractivity contribution is 0.0546. The number of carbonyl (C=O) groups is 1. The highest BCUT2D eigenvalue weighted by molar-refractivity contribution is 7.14. The van der Waals surface area contributed by atoms with Crippen LogP contribution in [0, 0.1) is 0 Å². The Bertz CT molecular complexity index is 1190. The van der Waals surface area contributed by atoms with Gasteiger partial charge in [-0.05, 0) is 66.5 Å². The van der Waals surface area contributed by atoms with Crippen molar-refractivity contribution in [2.75, 3.05) is 13.1 Å². The molecule has 1 aromatic carbocycles. The molecule has 5 nitrogen and oxygen atoms in total. The van der Waals surface area contributed by atoms with E-state index >= 15 is 0 Å². The molecule has 2 aliphatic rings. The third-order valence-electron chi connectivity index (χ3n) is 6.04. The van der Waals surface area contributed by atoms with E-state index in [0.29, 0.717) is 42.6 Å². The minimum absolute atomic E-state index is 0.0467. The van der Waals surface area contributed by atoms with Crippen molar-refractivity contribution in [1.29, 1.82) is 0 Å². The number of aliphatic hydroxyl groups is 1. The van der Waals surface area contributed by atoms with Crippen molar-refractivity contribution in [2.24, 2.45) is 0 Å². The second kappa shape index (κ2) is 8.26. The molecule has 1 saturated carbocycles. The van der Waals surface area contributed by atoms with Crippen LogP contribution in [0.15, 0.2) is 52.8 Å². The average molecular weight is 455 g/mol. The number of aromatic nitrogens is 1. The minimum atomic E-state index is -0.313. The molecule has 0 unspecified atom stereocenters. The summed E-state index contributed by atoms with van der Waals surface area (Å²) in [5.41, 5.74) is 3.58. The molecule has 0 atom stereocenters. The number of halogens is 1. The Kier molecular flexibility index (Phi) is 5.46. The Hall–Kier alpha value is -2.41. The zero-order valence-corrected chi connectivity index (χ0v) is 18.5. The molecule has 5 rings (SSSR count). The number of rotatable bonds is 4. The van der Waals surface area contributed by atoms with Crippen LogP contribution in [0.25, 0.3) is 21.6 Å². The van der Waals surface area contributed by atoms with Crippen molar-refractivity contribution in [3.8, 4) is 21.6 Å². The first kappa shape index (κ1) is 20.5. The third kappa shape index (κ3) is 4.20. The summed E-state index contributed by atoms with van der Waals surface area (Å²) >= 11 is 8.16. The van der Waals surface area contributed by atoms with Gasteiger partial charge in [0.15, 0.2) is 0 Å². The SMILES string of the molecule is O=C(c1ccc(-c2cc(-c3ccc(=O)n(C4CC4)c3)cs2)c(Cl)c1)N1CCC(O)CC1. The Labute approximate surface area is 189 Å². The summed E-state index contributed by atoms with van der Waals surface area (Å²) in [6.45, 7) is 1.13. The molecular formula is C24H23ClN2O3S. The highest BCUT2D eigenvalue weighted by Crippen LogP contribution is 2.38. The fourth-order valence-corrected chi connectivity index (χ4v) is 5.34. The third-order valence-corrected chi connectivity index (χ3v) is 7.32. The number of benzene rings is 1. The molecule has 0 spiro atoms. The lowest BCUT2D eigenvalue weighted by Gasteiger charge is -2.29. The van der Waals surface area contributed by atoms with Gasteiger partial charge in [-0.2, -0.15) is 0 Å². The van der Waals surface area contributed by atoms with E-state index in [2.05, 4.69) is 11.4 Å². The summed E-state index contributed by atoms with van der Waals surface area (Å²) in [6, 6.07) is 11.4. The smallest absolute Gasteiger partial charge is 0.253 e. The van der Waals surface area contributed by atoms with E-state index in [1.807, 2.05) is 29.0 Å². The Morgan fingerprint density at radius 3 is 2.52 bits per heavy atom. The molecular weight excluding hydrogens is 432 g/mol. The summed E-state index contributed by atoms with van der Waals surface area (Å²) in [5, 5.41) is 12.3. The monoisotopic (exact) mass is 454 g/mol. The molecule has 0 radical (unpaired) electrons. The van der Waals surface area contributed by atoms with E-state index in [0.717, 1.165) is 34.4 Å². The van der Waals surface area contributed by atoms with Crippen LogP contribution in [-0.2, 0) is 0 Å². The van der Waals surface area contributed by atoms with E-state index in [9.17, 15) is 14.7 Å². The minimum Gasteiger partial charge on any atom is -0.393 e. The molecule has 0 bridgehead atoms. The molecule has 3 aromatic rings. The topological polar surface area (TPSA) is 62.5 Å². The van der Waals surface area contributed by atoms with Gasteiger partial charge in [0, 0.05) is 47.4 Å². The lowest BCUT2D eigenvalue weighted by atomic mass is 10.0. The largest absolute Gasteiger partial charge is 0.393 e. The maximum Gasteiger partial charge on any atom is 0.253 e. The van der Waals surface area contributed by atoms with Gasteiger partial charge in [-0.1, -0.05) is 17.7 Å². The number of likely N-dealkylation sites (tertiary alicyclic amines) is 1. The zero-order chi connectivity index (χ0) is 21.5. The first-order valence-corrected chi connectivity index (χ1v) is 11.8. The van der Waals surface area contributed by atoms with Gasteiger partial charge in [-0.25, -0.2) is 0 Å². The maximum atomic E-state index is 12.8. The molecule has 1 aliphatic carbocycles. The number of nitrogens with zero attached hydrogens (tertiary/aromatic N) is 2. The van der Waals surface area contributed by atoms with Crippen LogP contribution in [0.3, 0.4) is 0 Å². The van der Waals surface area contributed by atoms with Crippen LogP contribution in [0.5, 0.6) is 0 Å². The molecule has 2 aromatic heterocycles. The lowest BCUT2D eigenvalue weighted by Crippen LogP contribution is -2.40. The molecule has 1 amide bonds. The van der Waals surface area contributed by atoms with E-state index < -0.39 is 0 Å². The van der Waals surface area contributed by atoms with Gasteiger partial charge in [0.05, 0.1) is 11.1 Å². The standard InChI is InChI=1S/C24H23ClN2O3S/c25-21-11-15(24(30)26-9-7-19(28)8-10-26)1-5-20(21)22-12-17(14-31-22)16-2-6-23(29)27(13-16)18-3-4-18/h1-2,5-6,11-14,18-19,28H,3-4,7-10H2. The second-order valence-corrected chi connectivity index (χ2v) is 9.63. The van der Waals surface area contributed by atoms with Crippen molar-refractivity contribution >= 4 is 28.8 Å². The van der Waals surface area contributed by atoms with Crippen LogP contribution >= 0.6 is 22.9 Å². The number of piperidine rings is 1. The molecule has 1 saturated heterocycles.